The van der Waals surface area contributed by atoms with Gasteiger partial charge >= 0.3 is 0 Å². The summed E-state index contributed by atoms with van der Waals surface area (Å²) in [4.78, 5) is 21.7. The second kappa shape index (κ2) is 12.1. The fourth-order valence-corrected chi connectivity index (χ4v) is 4.14. The summed E-state index contributed by atoms with van der Waals surface area (Å²) in [5.74, 6) is -0.123. The molecule has 2 heterocycles. The first kappa shape index (κ1) is 25.0. The largest absolute Gasteiger partial charge is 0.447 e. The number of nitrogens with zero attached hydrogens (tertiary/aromatic N) is 3. The van der Waals surface area contributed by atoms with Crippen molar-refractivity contribution in [3.63, 3.8) is 0 Å². The zero-order valence-corrected chi connectivity index (χ0v) is 20.4. The highest BCUT2D eigenvalue weighted by Gasteiger charge is 2.18. The number of nitrogens with one attached hydrogen (secondary N) is 1. The molecule has 8 heteroatoms. The smallest absolute Gasteiger partial charge is 0.273 e. The first-order valence-electron chi connectivity index (χ1n) is 12.0. The van der Waals surface area contributed by atoms with Crippen LogP contribution in [0, 0.1) is 19.7 Å². The Balaban J connectivity index is 1.38. The van der Waals surface area contributed by atoms with Gasteiger partial charge in [0.25, 0.3) is 5.91 Å². The van der Waals surface area contributed by atoms with Crippen LogP contribution in [-0.2, 0) is 24.4 Å². The summed E-state index contributed by atoms with van der Waals surface area (Å²) in [6, 6.07) is 12.5. The zero-order valence-electron chi connectivity index (χ0n) is 20.4. The van der Waals surface area contributed by atoms with Crippen molar-refractivity contribution in [2.24, 2.45) is 0 Å². The number of amides is 1. The van der Waals surface area contributed by atoms with Gasteiger partial charge in [-0.2, -0.15) is 0 Å². The molecule has 0 radical (unpaired) electrons. The number of hydrogen-bond acceptors (Lipinski definition) is 6. The molecule has 0 aliphatic carbocycles. The highest BCUT2D eigenvalue weighted by atomic mass is 19.1. The summed E-state index contributed by atoms with van der Waals surface area (Å²) in [5, 5.41) is 2.81. The van der Waals surface area contributed by atoms with Gasteiger partial charge in [-0.1, -0.05) is 35.9 Å². The minimum absolute atomic E-state index is 0.238. The van der Waals surface area contributed by atoms with Gasteiger partial charge in [-0.25, -0.2) is 9.37 Å². The van der Waals surface area contributed by atoms with E-state index in [2.05, 4.69) is 52.1 Å². The summed E-state index contributed by atoms with van der Waals surface area (Å²) in [7, 11) is 0. The number of carbonyl (C=O) groups excluding carboxylic acids is 1. The van der Waals surface area contributed by atoms with E-state index in [1.54, 1.807) is 12.1 Å². The lowest BCUT2D eigenvalue weighted by atomic mass is 10.1. The van der Waals surface area contributed by atoms with E-state index < -0.39 is 0 Å². The molecule has 0 atom stereocenters. The molecule has 186 valence electrons. The van der Waals surface area contributed by atoms with Crippen LogP contribution in [0.5, 0.6) is 0 Å². The van der Waals surface area contributed by atoms with E-state index in [4.69, 9.17) is 9.15 Å². The van der Waals surface area contributed by atoms with Crippen LogP contribution in [-0.4, -0.2) is 60.1 Å². The van der Waals surface area contributed by atoms with Crippen molar-refractivity contribution in [3.8, 4) is 0 Å². The Morgan fingerprint density at radius 1 is 1.11 bits per heavy atom. The minimum atomic E-state index is -0.321. The van der Waals surface area contributed by atoms with Crippen molar-refractivity contribution in [2.75, 3.05) is 39.4 Å². The molecule has 1 amide bonds. The van der Waals surface area contributed by atoms with Gasteiger partial charge in [0, 0.05) is 39.3 Å². The van der Waals surface area contributed by atoms with Crippen LogP contribution < -0.4 is 5.32 Å². The van der Waals surface area contributed by atoms with Gasteiger partial charge in [0.1, 0.15) is 12.1 Å². The number of carbonyl (C=O) groups is 1. The number of benzene rings is 2. The van der Waals surface area contributed by atoms with E-state index >= 15 is 0 Å². The molecule has 4 rings (SSSR count). The van der Waals surface area contributed by atoms with Crippen LogP contribution in [0.1, 0.15) is 38.6 Å². The third-order valence-corrected chi connectivity index (χ3v) is 6.24. The molecular weight excluding hydrogens is 447 g/mol. The highest BCUT2D eigenvalue weighted by Crippen LogP contribution is 2.16. The van der Waals surface area contributed by atoms with E-state index in [0.29, 0.717) is 19.0 Å². The van der Waals surface area contributed by atoms with Crippen LogP contribution in [0.4, 0.5) is 4.39 Å². The quantitative estimate of drug-likeness (QED) is 0.477. The summed E-state index contributed by atoms with van der Waals surface area (Å²) < 4.78 is 24.2. The average molecular weight is 481 g/mol. The van der Waals surface area contributed by atoms with Crippen molar-refractivity contribution in [3.05, 3.63) is 88.4 Å². The number of ether oxygens (including phenoxy) is 1. The molecule has 1 fully saturated rings. The molecule has 1 aliphatic rings. The third-order valence-electron chi connectivity index (χ3n) is 6.24. The zero-order chi connectivity index (χ0) is 24.6. The molecule has 1 aromatic heterocycles. The van der Waals surface area contributed by atoms with Crippen molar-refractivity contribution in [2.45, 2.75) is 33.5 Å². The predicted molar refractivity (Wildman–Crippen MR) is 131 cm³/mol. The van der Waals surface area contributed by atoms with E-state index in [0.717, 1.165) is 51.5 Å². The Morgan fingerprint density at radius 3 is 2.63 bits per heavy atom. The molecule has 2 aromatic carbocycles. The predicted octanol–water partition coefficient (Wildman–Crippen LogP) is 3.69. The summed E-state index contributed by atoms with van der Waals surface area (Å²) >= 11 is 0. The van der Waals surface area contributed by atoms with Gasteiger partial charge in [-0.05, 0) is 42.7 Å². The SMILES string of the molecule is Cc1ccc(CN(CCN2CCOCC2)Cc2nc(C(=O)NCc3ccc(F)cc3)co2)c(C)c1. The topological polar surface area (TPSA) is 70.8 Å². The molecular formula is C27H33FN4O3. The standard InChI is InChI=1S/C27H33FN4O3/c1-20-3-6-23(21(2)15-20)17-32(10-9-31-11-13-34-14-12-31)18-26-30-25(19-35-26)27(33)29-16-22-4-7-24(28)8-5-22/h3-8,15,19H,9-14,16-18H2,1-2H3,(H,29,33). The maximum absolute atomic E-state index is 13.1. The fraction of sp³-hybridized carbons (Fsp3) is 0.407. The molecule has 0 bridgehead atoms. The molecule has 7 nitrogen and oxygen atoms in total. The van der Waals surface area contributed by atoms with Gasteiger partial charge in [-0.3, -0.25) is 14.6 Å². The van der Waals surface area contributed by atoms with E-state index in [1.807, 2.05) is 0 Å². The maximum atomic E-state index is 13.1. The molecule has 1 saturated heterocycles. The van der Waals surface area contributed by atoms with Crippen LogP contribution in [0.2, 0.25) is 0 Å². The third kappa shape index (κ3) is 7.45. The van der Waals surface area contributed by atoms with Gasteiger partial charge < -0.3 is 14.5 Å². The average Bonchev–Trinajstić information content (AvgIpc) is 3.33. The number of halogens is 1. The number of morpholine rings is 1. The van der Waals surface area contributed by atoms with Gasteiger partial charge in [-0.15, -0.1) is 0 Å². The van der Waals surface area contributed by atoms with Crippen molar-refractivity contribution in [1.29, 1.82) is 0 Å². The second-order valence-electron chi connectivity index (χ2n) is 9.03. The summed E-state index contributed by atoms with van der Waals surface area (Å²) in [6.45, 7) is 11.0. The minimum Gasteiger partial charge on any atom is -0.447 e. The first-order valence-corrected chi connectivity index (χ1v) is 12.0. The molecule has 1 aliphatic heterocycles. The molecule has 1 N–H and O–H groups in total. The van der Waals surface area contributed by atoms with Crippen LogP contribution in [0.3, 0.4) is 0 Å². The Labute approximate surface area is 205 Å². The van der Waals surface area contributed by atoms with Crippen LogP contribution in [0.25, 0.3) is 0 Å². The van der Waals surface area contributed by atoms with E-state index in [1.165, 1.54) is 35.1 Å². The number of rotatable bonds is 10. The summed E-state index contributed by atoms with van der Waals surface area (Å²) in [5.41, 5.74) is 4.82. The molecule has 35 heavy (non-hydrogen) atoms. The normalized spacial score (nSPS) is 14.4. The first-order chi connectivity index (χ1) is 17.0. The molecule has 3 aromatic rings. The lowest BCUT2D eigenvalue weighted by molar-refractivity contribution is 0.0320. The Hall–Kier alpha value is -3.07. The number of aromatic nitrogens is 1. The molecule has 0 unspecified atom stereocenters. The summed E-state index contributed by atoms with van der Waals surface area (Å²) in [6.07, 6.45) is 1.40. The highest BCUT2D eigenvalue weighted by molar-refractivity contribution is 5.91. The Kier molecular flexibility index (Phi) is 8.63. The molecule has 0 saturated carbocycles. The van der Waals surface area contributed by atoms with Crippen molar-refractivity contribution in [1.82, 2.24) is 20.1 Å². The van der Waals surface area contributed by atoms with E-state index in [-0.39, 0.29) is 17.4 Å². The van der Waals surface area contributed by atoms with Gasteiger partial charge in [0.2, 0.25) is 5.89 Å². The monoisotopic (exact) mass is 480 g/mol. The molecule has 0 spiro atoms. The van der Waals surface area contributed by atoms with E-state index in [9.17, 15) is 9.18 Å². The number of hydrogen-bond donors (Lipinski definition) is 1. The second-order valence-corrected chi connectivity index (χ2v) is 9.03. The fourth-order valence-electron chi connectivity index (χ4n) is 4.14. The van der Waals surface area contributed by atoms with Gasteiger partial charge in [0.05, 0.1) is 19.8 Å². The van der Waals surface area contributed by atoms with Crippen molar-refractivity contribution < 1.29 is 18.3 Å². The lowest BCUT2D eigenvalue weighted by Crippen LogP contribution is -2.41. The number of aryl methyl sites for hydroxylation is 2. The van der Waals surface area contributed by atoms with Crippen LogP contribution >= 0.6 is 0 Å². The maximum Gasteiger partial charge on any atom is 0.273 e. The van der Waals surface area contributed by atoms with Crippen LogP contribution in [0.15, 0.2) is 53.1 Å². The van der Waals surface area contributed by atoms with Gasteiger partial charge in [0.15, 0.2) is 5.69 Å². The Bertz CT molecular complexity index is 1110. The lowest BCUT2D eigenvalue weighted by Gasteiger charge is -2.30. The van der Waals surface area contributed by atoms with Crippen molar-refractivity contribution >= 4 is 5.91 Å². The number of oxazole rings is 1. The Morgan fingerprint density at radius 2 is 1.89 bits per heavy atom.